The van der Waals surface area contributed by atoms with Crippen molar-refractivity contribution in [3.63, 3.8) is 0 Å². The van der Waals surface area contributed by atoms with Gasteiger partial charge in [-0.15, -0.1) is 11.8 Å². The molecule has 0 spiro atoms. The number of thioether (sulfide) groups is 1. The van der Waals surface area contributed by atoms with Crippen LogP contribution in [0, 0.1) is 0 Å². The van der Waals surface area contributed by atoms with Gasteiger partial charge in [0.2, 0.25) is 5.91 Å². The zero-order valence-corrected chi connectivity index (χ0v) is 13.2. The fourth-order valence-corrected chi connectivity index (χ4v) is 2.76. The monoisotopic (exact) mass is 315 g/mol. The van der Waals surface area contributed by atoms with Crippen molar-refractivity contribution in [1.29, 1.82) is 0 Å². The van der Waals surface area contributed by atoms with Crippen molar-refractivity contribution in [2.45, 2.75) is 17.1 Å². The maximum absolute atomic E-state index is 12.3. The SMILES string of the molecule is COC(=O)c1ccccc1NC(=O)[C@@H](C)Sc1ccccc1. The molecule has 0 saturated heterocycles. The molecule has 1 amide bonds. The summed E-state index contributed by atoms with van der Waals surface area (Å²) in [7, 11) is 1.31. The third kappa shape index (κ3) is 4.11. The quantitative estimate of drug-likeness (QED) is 0.676. The lowest BCUT2D eigenvalue weighted by molar-refractivity contribution is -0.115. The van der Waals surface area contributed by atoms with Gasteiger partial charge in [0, 0.05) is 4.90 Å². The molecule has 4 nitrogen and oxygen atoms in total. The van der Waals surface area contributed by atoms with Crippen molar-refractivity contribution in [3.05, 3.63) is 60.2 Å². The highest BCUT2D eigenvalue weighted by atomic mass is 32.2. The average Bonchev–Trinajstić information content (AvgIpc) is 2.55. The van der Waals surface area contributed by atoms with Crippen molar-refractivity contribution in [3.8, 4) is 0 Å². The first kappa shape index (κ1) is 16.1. The molecule has 0 saturated carbocycles. The lowest BCUT2D eigenvalue weighted by atomic mass is 10.2. The highest BCUT2D eigenvalue weighted by Crippen LogP contribution is 2.24. The van der Waals surface area contributed by atoms with E-state index in [4.69, 9.17) is 4.74 Å². The smallest absolute Gasteiger partial charge is 0.339 e. The number of esters is 1. The molecule has 22 heavy (non-hydrogen) atoms. The van der Waals surface area contributed by atoms with Crippen LogP contribution in [0.2, 0.25) is 0 Å². The second kappa shape index (κ2) is 7.66. The van der Waals surface area contributed by atoms with Crippen LogP contribution in [0.15, 0.2) is 59.5 Å². The van der Waals surface area contributed by atoms with Crippen LogP contribution in [0.1, 0.15) is 17.3 Å². The number of methoxy groups -OCH3 is 1. The Hall–Kier alpha value is -2.27. The largest absolute Gasteiger partial charge is 0.465 e. The van der Waals surface area contributed by atoms with Crippen LogP contribution in [-0.4, -0.2) is 24.2 Å². The molecule has 0 radical (unpaired) electrons. The maximum atomic E-state index is 12.3. The number of hydrogen-bond acceptors (Lipinski definition) is 4. The molecule has 0 aromatic heterocycles. The molecule has 5 heteroatoms. The number of nitrogens with one attached hydrogen (secondary N) is 1. The zero-order chi connectivity index (χ0) is 15.9. The molecule has 114 valence electrons. The van der Waals surface area contributed by atoms with Crippen LogP contribution < -0.4 is 5.32 Å². The molecule has 2 rings (SSSR count). The van der Waals surface area contributed by atoms with Gasteiger partial charge in [0.25, 0.3) is 0 Å². The van der Waals surface area contributed by atoms with E-state index >= 15 is 0 Å². The third-order valence-corrected chi connectivity index (χ3v) is 4.13. The number of hydrogen-bond donors (Lipinski definition) is 1. The van der Waals surface area contributed by atoms with Gasteiger partial charge < -0.3 is 10.1 Å². The number of rotatable bonds is 5. The van der Waals surface area contributed by atoms with E-state index in [0.717, 1.165) is 4.90 Å². The van der Waals surface area contributed by atoms with Gasteiger partial charge in [0.1, 0.15) is 0 Å². The molecule has 0 aliphatic rings. The van der Waals surface area contributed by atoms with Crippen molar-refractivity contribution in [2.24, 2.45) is 0 Å². The van der Waals surface area contributed by atoms with Crippen LogP contribution in [0.5, 0.6) is 0 Å². The summed E-state index contributed by atoms with van der Waals surface area (Å²) in [5, 5.41) is 2.50. The van der Waals surface area contributed by atoms with Crippen LogP contribution >= 0.6 is 11.8 Å². The van der Waals surface area contributed by atoms with Gasteiger partial charge in [-0.25, -0.2) is 4.79 Å². The number of carbonyl (C=O) groups is 2. The van der Waals surface area contributed by atoms with Gasteiger partial charge in [-0.1, -0.05) is 30.3 Å². The summed E-state index contributed by atoms with van der Waals surface area (Å²) in [6.07, 6.45) is 0. The lowest BCUT2D eigenvalue weighted by Gasteiger charge is -2.14. The number of carbonyl (C=O) groups excluding carboxylic acids is 2. The van der Waals surface area contributed by atoms with E-state index < -0.39 is 5.97 Å². The summed E-state index contributed by atoms with van der Waals surface area (Å²) in [5.74, 6) is -0.635. The summed E-state index contributed by atoms with van der Waals surface area (Å²) in [6, 6.07) is 16.5. The Kier molecular flexibility index (Phi) is 5.61. The van der Waals surface area contributed by atoms with E-state index in [1.807, 2.05) is 37.3 Å². The van der Waals surface area contributed by atoms with Gasteiger partial charge in [-0.05, 0) is 31.2 Å². The third-order valence-electron chi connectivity index (χ3n) is 3.02. The van der Waals surface area contributed by atoms with Crippen molar-refractivity contribution in [2.75, 3.05) is 12.4 Å². The molecule has 1 N–H and O–H groups in total. The Morgan fingerprint density at radius 3 is 2.36 bits per heavy atom. The molecular formula is C17H17NO3S. The second-order valence-corrected chi connectivity index (χ2v) is 6.01. The average molecular weight is 315 g/mol. The fraction of sp³-hybridized carbons (Fsp3) is 0.176. The molecule has 0 fully saturated rings. The van der Waals surface area contributed by atoms with Crippen molar-refractivity contribution in [1.82, 2.24) is 0 Å². The van der Waals surface area contributed by atoms with E-state index in [0.29, 0.717) is 11.3 Å². The Bertz CT molecular complexity index is 658. The predicted molar refractivity (Wildman–Crippen MR) is 88.2 cm³/mol. The Labute approximate surface area is 133 Å². The first-order chi connectivity index (χ1) is 10.6. The topological polar surface area (TPSA) is 55.4 Å². The number of ether oxygens (including phenoxy) is 1. The number of amides is 1. The maximum Gasteiger partial charge on any atom is 0.339 e. The van der Waals surface area contributed by atoms with Crippen molar-refractivity contribution >= 4 is 29.3 Å². The summed E-state index contributed by atoms with van der Waals surface area (Å²) < 4.78 is 4.72. The molecule has 1 atom stereocenters. The van der Waals surface area contributed by atoms with E-state index in [2.05, 4.69) is 5.32 Å². The van der Waals surface area contributed by atoms with Crippen LogP contribution in [0.4, 0.5) is 5.69 Å². The molecule has 2 aromatic carbocycles. The predicted octanol–water partition coefficient (Wildman–Crippen LogP) is 3.59. The molecule has 0 aliphatic carbocycles. The normalized spacial score (nSPS) is 11.5. The van der Waals surface area contributed by atoms with E-state index in [1.165, 1.54) is 18.9 Å². The van der Waals surface area contributed by atoms with Crippen molar-refractivity contribution < 1.29 is 14.3 Å². The lowest BCUT2D eigenvalue weighted by Crippen LogP contribution is -2.23. The summed E-state index contributed by atoms with van der Waals surface area (Å²) in [6.45, 7) is 1.83. The molecule has 2 aromatic rings. The van der Waals surface area contributed by atoms with Crippen LogP contribution in [0.25, 0.3) is 0 Å². The summed E-state index contributed by atoms with van der Waals surface area (Å²) in [4.78, 5) is 25.0. The Morgan fingerprint density at radius 2 is 1.68 bits per heavy atom. The number of benzene rings is 2. The fourth-order valence-electron chi connectivity index (χ4n) is 1.87. The summed E-state index contributed by atoms with van der Waals surface area (Å²) >= 11 is 1.46. The highest BCUT2D eigenvalue weighted by Gasteiger charge is 2.18. The molecule has 0 unspecified atom stereocenters. The van der Waals surface area contributed by atoms with E-state index in [1.54, 1.807) is 24.3 Å². The first-order valence-corrected chi connectivity index (χ1v) is 7.69. The van der Waals surface area contributed by atoms with Crippen LogP contribution in [-0.2, 0) is 9.53 Å². The molecule has 0 heterocycles. The van der Waals surface area contributed by atoms with Gasteiger partial charge in [0.05, 0.1) is 23.6 Å². The Balaban J connectivity index is 2.07. The van der Waals surface area contributed by atoms with E-state index in [9.17, 15) is 9.59 Å². The van der Waals surface area contributed by atoms with Crippen LogP contribution in [0.3, 0.4) is 0 Å². The molecular weight excluding hydrogens is 298 g/mol. The van der Waals surface area contributed by atoms with Gasteiger partial charge >= 0.3 is 5.97 Å². The first-order valence-electron chi connectivity index (χ1n) is 6.81. The summed E-state index contributed by atoms with van der Waals surface area (Å²) in [5.41, 5.74) is 0.801. The second-order valence-electron chi connectivity index (χ2n) is 4.60. The highest BCUT2D eigenvalue weighted by molar-refractivity contribution is 8.00. The zero-order valence-electron chi connectivity index (χ0n) is 12.4. The van der Waals surface area contributed by atoms with Gasteiger partial charge in [-0.2, -0.15) is 0 Å². The minimum Gasteiger partial charge on any atom is -0.465 e. The minimum absolute atomic E-state index is 0.162. The number of para-hydroxylation sites is 1. The molecule has 0 bridgehead atoms. The standard InChI is InChI=1S/C17H17NO3S/c1-12(22-13-8-4-3-5-9-13)16(19)18-15-11-7-6-10-14(15)17(20)21-2/h3-12H,1-2H3,(H,18,19)/t12-/m1/s1. The number of anilines is 1. The van der Waals surface area contributed by atoms with Gasteiger partial charge in [-0.3, -0.25) is 4.79 Å². The minimum atomic E-state index is -0.473. The molecule has 0 aliphatic heterocycles. The van der Waals surface area contributed by atoms with E-state index in [-0.39, 0.29) is 11.2 Å². The Morgan fingerprint density at radius 1 is 1.05 bits per heavy atom. The van der Waals surface area contributed by atoms with Gasteiger partial charge in [0.15, 0.2) is 0 Å².